The van der Waals surface area contributed by atoms with Crippen LogP contribution in [-0.4, -0.2) is 53.8 Å². The lowest BCUT2D eigenvalue weighted by atomic mass is 9.75. The second kappa shape index (κ2) is 8.75. The summed E-state index contributed by atoms with van der Waals surface area (Å²) < 4.78 is 12.5. The van der Waals surface area contributed by atoms with Gasteiger partial charge in [0.05, 0.1) is 17.8 Å². The summed E-state index contributed by atoms with van der Waals surface area (Å²) in [5.41, 5.74) is 0.661. The van der Waals surface area contributed by atoms with Gasteiger partial charge in [0.2, 0.25) is 0 Å². The molecule has 166 valence electrons. The third-order valence-electron chi connectivity index (χ3n) is 6.99. The minimum atomic E-state index is -0.459. The number of nitrogens with zero attached hydrogens (tertiary/aromatic N) is 1. The van der Waals surface area contributed by atoms with Crippen molar-refractivity contribution in [3.05, 3.63) is 23.3 Å². The maximum atomic E-state index is 12.7. The Balaban J connectivity index is 1.43. The van der Waals surface area contributed by atoms with Crippen LogP contribution >= 0.6 is 0 Å². The molecule has 2 N–H and O–H groups in total. The lowest BCUT2D eigenvalue weighted by molar-refractivity contribution is -0.145. The van der Waals surface area contributed by atoms with Gasteiger partial charge in [-0.2, -0.15) is 0 Å². The summed E-state index contributed by atoms with van der Waals surface area (Å²) in [6.45, 7) is 10.1. The molecule has 0 bridgehead atoms. The van der Waals surface area contributed by atoms with Gasteiger partial charge < -0.3 is 24.8 Å². The lowest BCUT2D eigenvalue weighted by Gasteiger charge is -2.48. The molecule has 30 heavy (non-hydrogen) atoms. The number of amides is 1. The molecule has 3 aliphatic rings. The van der Waals surface area contributed by atoms with Crippen molar-refractivity contribution in [3.8, 4) is 11.5 Å². The molecular formula is C24H36N2O4. The first-order valence-electron chi connectivity index (χ1n) is 11.6. The van der Waals surface area contributed by atoms with Gasteiger partial charge in [0.25, 0.3) is 5.91 Å². The molecule has 1 amide bonds. The summed E-state index contributed by atoms with van der Waals surface area (Å²) >= 11 is 0. The highest BCUT2D eigenvalue weighted by Gasteiger charge is 2.48. The van der Waals surface area contributed by atoms with E-state index in [2.05, 4.69) is 17.1 Å². The Hall–Kier alpha value is -1.79. The Morgan fingerprint density at radius 3 is 2.77 bits per heavy atom. The second-order valence-electron chi connectivity index (χ2n) is 9.65. The number of hydrogen-bond acceptors (Lipinski definition) is 5. The van der Waals surface area contributed by atoms with E-state index in [1.807, 2.05) is 19.9 Å². The fourth-order valence-corrected chi connectivity index (χ4v) is 5.20. The zero-order valence-electron chi connectivity index (χ0n) is 18.6. The molecule has 0 unspecified atom stereocenters. The summed E-state index contributed by atoms with van der Waals surface area (Å²) in [6.07, 6.45) is 6.89. The molecule has 6 nitrogen and oxygen atoms in total. The van der Waals surface area contributed by atoms with E-state index >= 15 is 0 Å². The molecule has 0 aromatic heterocycles. The molecule has 3 heterocycles. The summed E-state index contributed by atoms with van der Waals surface area (Å²) in [6, 6.07) is 3.60. The zero-order chi connectivity index (χ0) is 21.3. The Labute approximate surface area is 179 Å². The topological polar surface area (TPSA) is 71.0 Å². The molecule has 6 heteroatoms. The van der Waals surface area contributed by atoms with Gasteiger partial charge in [0.1, 0.15) is 5.60 Å². The van der Waals surface area contributed by atoms with E-state index < -0.39 is 5.60 Å². The highest BCUT2D eigenvalue weighted by atomic mass is 16.5. The third-order valence-corrected chi connectivity index (χ3v) is 6.99. The minimum absolute atomic E-state index is 0.0746. The lowest BCUT2D eigenvalue weighted by Crippen LogP contribution is -2.48. The van der Waals surface area contributed by atoms with Gasteiger partial charge in [-0.25, -0.2) is 0 Å². The van der Waals surface area contributed by atoms with Gasteiger partial charge in [0, 0.05) is 18.0 Å². The molecule has 0 radical (unpaired) electrons. The minimum Gasteiger partial charge on any atom is -0.504 e. The van der Waals surface area contributed by atoms with Crippen molar-refractivity contribution in [2.45, 2.75) is 77.1 Å². The fourth-order valence-electron chi connectivity index (χ4n) is 5.20. The molecule has 2 fully saturated rings. The molecule has 0 aliphatic carbocycles. The van der Waals surface area contributed by atoms with Crippen LogP contribution in [0.2, 0.25) is 0 Å². The molecule has 0 spiro atoms. The average Bonchev–Trinajstić information content (AvgIpc) is 2.72. The standard InChI is InChI=1S/C24H36N2O4/c1-16-8-11-19-21(29-16)18-10-9-17(20(27)22(18)30-24(19,2)3)23(28)25-12-7-15-26-13-5-4-6-14-26/h9-10,16,19,21,27H,4-8,11-15H2,1-3H3,(H,25,28)/t16-,19-,21+/m1/s1. The Morgan fingerprint density at radius 2 is 2.00 bits per heavy atom. The smallest absolute Gasteiger partial charge is 0.255 e. The number of phenolic OH excluding ortho intramolecular Hbond substituents is 1. The predicted molar refractivity (Wildman–Crippen MR) is 116 cm³/mol. The van der Waals surface area contributed by atoms with Crippen LogP contribution in [0.5, 0.6) is 11.5 Å². The number of hydrogen-bond donors (Lipinski definition) is 2. The van der Waals surface area contributed by atoms with E-state index in [1.165, 1.54) is 19.3 Å². The number of aromatic hydroxyl groups is 1. The van der Waals surface area contributed by atoms with Crippen molar-refractivity contribution >= 4 is 5.91 Å². The van der Waals surface area contributed by atoms with Gasteiger partial charge in [-0.1, -0.05) is 12.5 Å². The molecule has 1 aromatic rings. The average molecular weight is 417 g/mol. The number of likely N-dealkylation sites (tertiary alicyclic amines) is 1. The van der Waals surface area contributed by atoms with E-state index in [-0.39, 0.29) is 35.3 Å². The Bertz CT molecular complexity index is 773. The van der Waals surface area contributed by atoms with Crippen molar-refractivity contribution in [3.63, 3.8) is 0 Å². The normalized spacial score (nSPS) is 28.2. The van der Waals surface area contributed by atoms with Crippen LogP contribution in [0.1, 0.15) is 81.3 Å². The summed E-state index contributed by atoms with van der Waals surface area (Å²) in [5, 5.41) is 13.9. The number of nitrogens with one attached hydrogen (secondary N) is 1. The van der Waals surface area contributed by atoms with Gasteiger partial charge in [-0.15, -0.1) is 0 Å². The Morgan fingerprint density at radius 1 is 1.23 bits per heavy atom. The van der Waals surface area contributed by atoms with E-state index in [4.69, 9.17) is 9.47 Å². The van der Waals surface area contributed by atoms with E-state index in [0.717, 1.165) is 44.5 Å². The van der Waals surface area contributed by atoms with Crippen LogP contribution in [-0.2, 0) is 4.74 Å². The van der Waals surface area contributed by atoms with Crippen LogP contribution in [0.15, 0.2) is 12.1 Å². The van der Waals surface area contributed by atoms with Crippen molar-refractivity contribution in [1.82, 2.24) is 10.2 Å². The van der Waals surface area contributed by atoms with Gasteiger partial charge in [0.15, 0.2) is 11.5 Å². The second-order valence-corrected chi connectivity index (χ2v) is 9.65. The van der Waals surface area contributed by atoms with E-state index in [9.17, 15) is 9.90 Å². The van der Waals surface area contributed by atoms with Crippen LogP contribution in [0.3, 0.4) is 0 Å². The first-order chi connectivity index (χ1) is 14.4. The van der Waals surface area contributed by atoms with Gasteiger partial charge in [-0.05, 0) is 78.6 Å². The molecule has 1 aromatic carbocycles. The summed E-state index contributed by atoms with van der Waals surface area (Å²) in [5.74, 6) is 0.302. The SMILES string of the molecule is C[C@@H]1CC[C@@H]2[C@@H](O1)c1ccc(C(=O)NCCCN3CCCCC3)c(O)c1OC2(C)C. The van der Waals surface area contributed by atoms with Crippen molar-refractivity contribution < 1.29 is 19.4 Å². The largest absolute Gasteiger partial charge is 0.504 e. The molecule has 0 saturated carbocycles. The maximum Gasteiger partial charge on any atom is 0.255 e. The highest BCUT2D eigenvalue weighted by molar-refractivity contribution is 5.98. The number of carbonyl (C=O) groups is 1. The molecule has 2 saturated heterocycles. The van der Waals surface area contributed by atoms with Crippen LogP contribution in [0.4, 0.5) is 0 Å². The molecule has 3 atom stereocenters. The quantitative estimate of drug-likeness (QED) is 0.710. The zero-order valence-corrected chi connectivity index (χ0v) is 18.6. The van der Waals surface area contributed by atoms with E-state index in [1.54, 1.807) is 6.07 Å². The third kappa shape index (κ3) is 4.30. The van der Waals surface area contributed by atoms with Gasteiger partial charge >= 0.3 is 0 Å². The van der Waals surface area contributed by atoms with Crippen molar-refractivity contribution in [2.75, 3.05) is 26.2 Å². The monoisotopic (exact) mass is 416 g/mol. The molecule has 4 rings (SSSR count). The maximum absolute atomic E-state index is 12.7. The van der Waals surface area contributed by atoms with Gasteiger partial charge in [-0.3, -0.25) is 4.79 Å². The highest BCUT2D eigenvalue weighted by Crippen LogP contribution is 2.53. The van der Waals surface area contributed by atoms with Crippen LogP contribution < -0.4 is 10.1 Å². The Kier molecular flexibility index (Phi) is 6.26. The molecular weight excluding hydrogens is 380 g/mol. The first kappa shape index (κ1) is 21.4. The van der Waals surface area contributed by atoms with Crippen LogP contribution in [0, 0.1) is 5.92 Å². The number of benzene rings is 1. The summed E-state index contributed by atoms with van der Waals surface area (Å²) in [7, 11) is 0. The van der Waals surface area contributed by atoms with E-state index in [0.29, 0.717) is 12.3 Å². The number of ether oxygens (including phenoxy) is 2. The fraction of sp³-hybridized carbons (Fsp3) is 0.708. The number of phenols is 1. The number of fused-ring (bicyclic) bond motifs is 3. The number of piperidine rings is 1. The van der Waals surface area contributed by atoms with Crippen LogP contribution in [0.25, 0.3) is 0 Å². The predicted octanol–water partition coefficient (Wildman–Crippen LogP) is 4.03. The van der Waals surface area contributed by atoms with Crippen molar-refractivity contribution in [2.24, 2.45) is 5.92 Å². The first-order valence-corrected chi connectivity index (χ1v) is 11.6. The van der Waals surface area contributed by atoms with Crippen molar-refractivity contribution in [1.29, 1.82) is 0 Å². The summed E-state index contributed by atoms with van der Waals surface area (Å²) in [4.78, 5) is 15.2. The number of carbonyl (C=O) groups excluding carboxylic acids is 1. The molecule has 3 aliphatic heterocycles. The number of rotatable bonds is 5.